The number of carbonyl (C=O) groups is 2. The number of benzene rings is 2. The highest BCUT2D eigenvalue weighted by Gasteiger charge is 2.32. The molecule has 0 unspecified atom stereocenters. The number of nitro groups is 1. The van der Waals surface area contributed by atoms with Crippen LogP contribution in [0.4, 0.5) is 18.9 Å². The Labute approximate surface area is 182 Å². The minimum Gasteiger partial charge on any atom is -0.341 e. The summed E-state index contributed by atoms with van der Waals surface area (Å²) in [5, 5.41) is 11.2. The predicted octanol–water partition coefficient (Wildman–Crippen LogP) is 4.12. The van der Waals surface area contributed by atoms with Crippen LogP contribution < -0.4 is 0 Å². The van der Waals surface area contributed by atoms with Crippen LogP contribution in [0.15, 0.2) is 48.5 Å². The van der Waals surface area contributed by atoms with E-state index in [0.29, 0.717) is 31.5 Å². The van der Waals surface area contributed by atoms with Gasteiger partial charge in [0.1, 0.15) is 0 Å². The van der Waals surface area contributed by atoms with Crippen LogP contribution in [0.5, 0.6) is 0 Å². The summed E-state index contributed by atoms with van der Waals surface area (Å²) >= 11 is 0. The van der Waals surface area contributed by atoms with Crippen LogP contribution in [0, 0.1) is 16.0 Å². The number of rotatable bonds is 5. The summed E-state index contributed by atoms with van der Waals surface area (Å²) in [6.07, 6.45) is -3.65. The molecular weight excluding hydrogens is 427 g/mol. The second kappa shape index (κ2) is 9.37. The van der Waals surface area contributed by atoms with E-state index in [1.807, 2.05) is 0 Å². The third-order valence-corrected chi connectivity index (χ3v) is 5.56. The largest absolute Gasteiger partial charge is 0.416 e. The van der Waals surface area contributed by atoms with Crippen LogP contribution in [0.25, 0.3) is 0 Å². The van der Waals surface area contributed by atoms with Crippen molar-refractivity contribution in [3.8, 4) is 0 Å². The maximum Gasteiger partial charge on any atom is 0.416 e. The lowest BCUT2D eigenvalue weighted by molar-refractivity contribution is -0.385. The highest BCUT2D eigenvalue weighted by Crippen LogP contribution is 2.29. The molecule has 1 fully saturated rings. The number of carbonyl (C=O) groups excluding carboxylic acids is 2. The summed E-state index contributed by atoms with van der Waals surface area (Å²) < 4.78 is 38.1. The Balaban J connectivity index is 1.57. The molecule has 170 valence electrons. The van der Waals surface area contributed by atoms with E-state index in [4.69, 9.17) is 0 Å². The first-order valence-corrected chi connectivity index (χ1v) is 10.0. The zero-order valence-corrected chi connectivity index (χ0v) is 17.3. The average molecular weight is 449 g/mol. The zero-order chi connectivity index (χ0) is 23.5. The Morgan fingerprint density at radius 3 is 2.25 bits per heavy atom. The summed E-state index contributed by atoms with van der Waals surface area (Å²) in [4.78, 5) is 39.1. The molecule has 7 nitrogen and oxygen atoms in total. The molecule has 2 aromatic carbocycles. The molecule has 0 radical (unpaired) electrons. The van der Waals surface area contributed by atoms with Crippen LogP contribution in [0.2, 0.25) is 0 Å². The second-order valence-corrected chi connectivity index (χ2v) is 7.72. The number of alkyl halides is 3. The van der Waals surface area contributed by atoms with Crippen molar-refractivity contribution in [2.75, 3.05) is 20.1 Å². The van der Waals surface area contributed by atoms with Gasteiger partial charge in [-0.05, 0) is 37.1 Å². The Kier molecular flexibility index (Phi) is 6.81. The standard InChI is InChI=1S/C22H22F3N3O4/c1-26(14-17-4-2-3-5-19(17)28(31)32)20(29)16-10-12-27(13-11-16)21(30)15-6-8-18(9-7-15)22(23,24)25/h2-9,16H,10-14H2,1H3. The first-order valence-electron chi connectivity index (χ1n) is 10.0. The molecule has 0 N–H and O–H groups in total. The summed E-state index contributed by atoms with van der Waals surface area (Å²) in [6, 6.07) is 10.3. The summed E-state index contributed by atoms with van der Waals surface area (Å²) in [7, 11) is 1.58. The first-order chi connectivity index (χ1) is 15.1. The van der Waals surface area contributed by atoms with E-state index in [1.165, 1.54) is 15.9 Å². The molecule has 1 aliphatic rings. The third-order valence-electron chi connectivity index (χ3n) is 5.56. The van der Waals surface area contributed by atoms with Gasteiger partial charge in [-0.15, -0.1) is 0 Å². The normalized spacial score (nSPS) is 14.8. The summed E-state index contributed by atoms with van der Waals surface area (Å²) in [5.74, 6) is -0.873. The molecule has 1 heterocycles. The number of halogens is 3. The van der Waals surface area contributed by atoms with E-state index in [0.717, 1.165) is 24.3 Å². The molecule has 0 atom stereocenters. The average Bonchev–Trinajstić information content (AvgIpc) is 2.78. The van der Waals surface area contributed by atoms with Gasteiger partial charge in [0.05, 0.1) is 17.0 Å². The van der Waals surface area contributed by atoms with E-state index < -0.39 is 16.7 Å². The van der Waals surface area contributed by atoms with Gasteiger partial charge >= 0.3 is 6.18 Å². The summed E-state index contributed by atoms with van der Waals surface area (Å²) in [6.45, 7) is 0.700. The zero-order valence-electron chi connectivity index (χ0n) is 17.3. The number of piperidine rings is 1. The van der Waals surface area contributed by atoms with Crippen molar-refractivity contribution in [1.29, 1.82) is 0 Å². The van der Waals surface area contributed by atoms with Gasteiger partial charge in [0.15, 0.2) is 0 Å². The number of hydrogen-bond acceptors (Lipinski definition) is 4. The van der Waals surface area contributed by atoms with Crippen molar-refractivity contribution < 1.29 is 27.7 Å². The topological polar surface area (TPSA) is 83.8 Å². The number of nitrogens with zero attached hydrogens (tertiary/aromatic N) is 3. The van der Waals surface area contributed by atoms with Gasteiger partial charge < -0.3 is 9.80 Å². The molecule has 0 aliphatic carbocycles. The molecule has 10 heteroatoms. The highest BCUT2D eigenvalue weighted by atomic mass is 19.4. The minimum absolute atomic E-state index is 0.0518. The van der Waals surface area contributed by atoms with Crippen molar-refractivity contribution in [3.05, 3.63) is 75.3 Å². The van der Waals surface area contributed by atoms with Crippen molar-refractivity contribution in [2.24, 2.45) is 5.92 Å². The fraction of sp³-hybridized carbons (Fsp3) is 0.364. The molecule has 1 saturated heterocycles. The molecule has 0 spiro atoms. The number of para-hydroxylation sites is 1. The van der Waals surface area contributed by atoms with Crippen LogP contribution >= 0.6 is 0 Å². The molecule has 2 amide bonds. The number of amides is 2. The second-order valence-electron chi connectivity index (χ2n) is 7.72. The van der Waals surface area contributed by atoms with Crippen LogP contribution in [-0.4, -0.2) is 46.7 Å². The van der Waals surface area contributed by atoms with E-state index in [2.05, 4.69) is 0 Å². The molecule has 0 aromatic heterocycles. The van der Waals surface area contributed by atoms with Crippen molar-refractivity contribution in [2.45, 2.75) is 25.6 Å². The smallest absolute Gasteiger partial charge is 0.341 e. The Morgan fingerprint density at radius 1 is 1.09 bits per heavy atom. The lowest BCUT2D eigenvalue weighted by Gasteiger charge is -2.33. The van der Waals surface area contributed by atoms with Crippen molar-refractivity contribution in [3.63, 3.8) is 0 Å². The molecule has 3 rings (SSSR count). The predicted molar refractivity (Wildman–Crippen MR) is 110 cm³/mol. The van der Waals surface area contributed by atoms with Crippen LogP contribution in [0.3, 0.4) is 0 Å². The maximum atomic E-state index is 12.8. The van der Waals surface area contributed by atoms with E-state index in [1.54, 1.807) is 25.2 Å². The first kappa shape index (κ1) is 23.2. The lowest BCUT2D eigenvalue weighted by atomic mass is 9.94. The van der Waals surface area contributed by atoms with E-state index in [-0.39, 0.29) is 35.5 Å². The molecule has 1 aliphatic heterocycles. The number of hydrogen-bond donors (Lipinski definition) is 0. The molecule has 0 saturated carbocycles. The molecule has 2 aromatic rings. The number of nitro benzene ring substituents is 1. The SMILES string of the molecule is CN(Cc1ccccc1[N+](=O)[O-])C(=O)C1CCN(C(=O)c2ccc(C(F)(F)F)cc2)CC1. The van der Waals surface area contributed by atoms with Crippen molar-refractivity contribution >= 4 is 17.5 Å². The van der Waals surface area contributed by atoms with Gasteiger partial charge in [-0.3, -0.25) is 19.7 Å². The van der Waals surface area contributed by atoms with Gasteiger partial charge in [-0.1, -0.05) is 18.2 Å². The van der Waals surface area contributed by atoms with Crippen LogP contribution in [-0.2, 0) is 17.5 Å². The monoisotopic (exact) mass is 449 g/mol. The Hall–Kier alpha value is -3.43. The Morgan fingerprint density at radius 2 is 1.69 bits per heavy atom. The highest BCUT2D eigenvalue weighted by molar-refractivity contribution is 5.94. The number of likely N-dealkylation sites (tertiary alicyclic amines) is 1. The minimum atomic E-state index is -4.47. The summed E-state index contributed by atoms with van der Waals surface area (Å²) in [5.41, 5.74) is -0.274. The van der Waals surface area contributed by atoms with Crippen LogP contribution in [0.1, 0.15) is 34.3 Å². The molecule has 0 bridgehead atoms. The van der Waals surface area contributed by atoms with Gasteiger partial charge in [-0.25, -0.2) is 0 Å². The third kappa shape index (κ3) is 5.24. The van der Waals surface area contributed by atoms with Gasteiger partial charge in [0, 0.05) is 43.2 Å². The fourth-order valence-corrected chi connectivity index (χ4v) is 3.78. The Bertz CT molecular complexity index is 1000. The van der Waals surface area contributed by atoms with Gasteiger partial charge in [0.25, 0.3) is 11.6 Å². The maximum absolute atomic E-state index is 12.8. The van der Waals surface area contributed by atoms with E-state index >= 15 is 0 Å². The molecular formula is C22H22F3N3O4. The van der Waals surface area contributed by atoms with Gasteiger partial charge in [0.2, 0.25) is 5.91 Å². The molecule has 32 heavy (non-hydrogen) atoms. The van der Waals surface area contributed by atoms with E-state index in [9.17, 15) is 32.9 Å². The quantitative estimate of drug-likeness (QED) is 0.508. The fourth-order valence-electron chi connectivity index (χ4n) is 3.78. The lowest BCUT2D eigenvalue weighted by Crippen LogP contribution is -2.43. The van der Waals surface area contributed by atoms with Gasteiger partial charge in [-0.2, -0.15) is 13.2 Å². The van der Waals surface area contributed by atoms with Crippen molar-refractivity contribution in [1.82, 2.24) is 9.80 Å².